The number of anilines is 1. The SMILES string of the molecule is CN(CC(C)(C)CNc1nc2c(F)cccc2o1)C(=O)c1cccc2c1OCC2. The summed E-state index contributed by atoms with van der Waals surface area (Å²) in [7, 11) is 1.78. The molecule has 1 N–H and O–H groups in total. The van der Waals surface area contributed by atoms with Gasteiger partial charge in [0.25, 0.3) is 11.9 Å². The summed E-state index contributed by atoms with van der Waals surface area (Å²) in [6.45, 7) is 5.71. The number of rotatable bonds is 6. The lowest BCUT2D eigenvalue weighted by molar-refractivity contribution is 0.0739. The molecule has 6 nitrogen and oxygen atoms in total. The van der Waals surface area contributed by atoms with Gasteiger partial charge in [0.05, 0.1) is 12.2 Å². The van der Waals surface area contributed by atoms with Crippen molar-refractivity contribution in [3.8, 4) is 5.75 Å². The molecule has 0 spiro atoms. The van der Waals surface area contributed by atoms with Crippen LogP contribution in [0.15, 0.2) is 40.8 Å². The van der Waals surface area contributed by atoms with Crippen LogP contribution < -0.4 is 10.1 Å². The lowest BCUT2D eigenvalue weighted by atomic mass is 9.92. The number of carbonyl (C=O) groups is 1. The summed E-state index contributed by atoms with van der Waals surface area (Å²) >= 11 is 0. The van der Waals surface area contributed by atoms with Gasteiger partial charge in [-0.15, -0.1) is 0 Å². The zero-order valence-corrected chi connectivity index (χ0v) is 16.8. The molecule has 0 fully saturated rings. The normalized spacial score (nSPS) is 13.2. The Hall–Kier alpha value is -3.09. The first kappa shape index (κ1) is 19.2. The summed E-state index contributed by atoms with van der Waals surface area (Å²) in [4.78, 5) is 18.8. The molecule has 0 unspecified atom stereocenters. The lowest BCUT2D eigenvalue weighted by Crippen LogP contribution is -2.39. The largest absolute Gasteiger partial charge is 0.492 e. The number of fused-ring (bicyclic) bond motifs is 2. The fourth-order valence-electron chi connectivity index (χ4n) is 3.66. The third kappa shape index (κ3) is 3.90. The Morgan fingerprint density at radius 3 is 2.86 bits per heavy atom. The van der Waals surface area contributed by atoms with E-state index in [-0.39, 0.29) is 22.9 Å². The number of hydrogen-bond acceptors (Lipinski definition) is 5. The number of para-hydroxylation sites is 2. The average Bonchev–Trinajstić information content (AvgIpc) is 3.32. The number of amides is 1. The molecule has 4 rings (SSSR count). The van der Waals surface area contributed by atoms with Gasteiger partial charge in [-0.05, 0) is 29.2 Å². The maximum absolute atomic E-state index is 13.8. The molecule has 0 aliphatic carbocycles. The summed E-state index contributed by atoms with van der Waals surface area (Å²) in [5, 5.41) is 3.12. The first-order valence-electron chi connectivity index (χ1n) is 9.63. The molecule has 1 aliphatic heterocycles. The Labute approximate surface area is 168 Å². The van der Waals surface area contributed by atoms with E-state index in [9.17, 15) is 9.18 Å². The molecule has 2 heterocycles. The van der Waals surface area contributed by atoms with Gasteiger partial charge >= 0.3 is 0 Å². The van der Waals surface area contributed by atoms with Crippen molar-refractivity contribution in [1.82, 2.24) is 9.88 Å². The summed E-state index contributed by atoms with van der Waals surface area (Å²) in [6, 6.07) is 10.6. The van der Waals surface area contributed by atoms with Crippen LogP contribution in [0, 0.1) is 11.2 Å². The fourth-order valence-corrected chi connectivity index (χ4v) is 3.66. The minimum absolute atomic E-state index is 0.0687. The van der Waals surface area contributed by atoms with Gasteiger partial charge in [-0.25, -0.2) is 4.39 Å². The maximum Gasteiger partial charge on any atom is 0.295 e. The van der Waals surface area contributed by atoms with E-state index in [1.807, 2.05) is 26.0 Å². The highest BCUT2D eigenvalue weighted by Gasteiger charge is 2.27. The lowest BCUT2D eigenvalue weighted by Gasteiger charge is -2.30. The molecule has 29 heavy (non-hydrogen) atoms. The zero-order chi connectivity index (χ0) is 20.6. The van der Waals surface area contributed by atoms with E-state index in [0.29, 0.717) is 36.6 Å². The predicted octanol–water partition coefficient (Wildman–Crippen LogP) is 4.11. The molecule has 7 heteroatoms. The number of nitrogens with one attached hydrogen (secondary N) is 1. The number of carbonyl (C=O) groups excluding carboxylic acids is 1. The van der Waals surface area contributed by atoms with Crippen LogP contribution in [0.1, 0.15) is 29.8 Å². The standard InChI is InChI=1S/C22H24FN3O3/c1-22(2,12-24-21-25-18-16(23)8-5-9-17(18)29-21)13-26(3)20(27)15-7-4-6-14-10-11-28-19(14)15/h4-9H,10-13H2,1-3H3,(H,24,25). The number of ether oxygens (including phenoxy) is 1. The summed E-state index contributed by atoms with van der Waals surface area (Å²) in [5.41, 5.74) is 2.00. The second kappa shape index (κ2) is 7.39. The van der Waals surface area contributed by atoms with Crippen LogP contribution in [-0.4, -0.2) is 42.5 Å². The number of nitrogens with zero attached hydrogens (tertiary/aromatic N) is 2. The van der Waals surface area contributed by atoms with E-state index >= 15 is 0 Å². The van der Waals surface area contributed by atoms with Gasteiger partial charge < -0.3 is 19.4 Å². The third-order valence-electron chi connectivity index (χ3n) is 5.04. The van der Waals surface area contributed by atoms with Crippen LogP contribution in [-0.2, 0) is 6.42 Å². The molecule has 0 saturated carbocycles. The van der Waals surface area contributed by atoms with Crippen molar-refractivity contribution in [2.75, 3.05) is 32.1 Å². The zero-order valence-electron chi connectivity index (χ0n) is 16.8. The number of halogens is 1. The van der Waals surface area contributed by atoms with Gasteiger partial charge in [0.2, 0.25) is 0 Å². The van der Waals surface area contributed by atoms with E-state index in [4.69, 9.17) is 9.15 Å². The van der Waals surface area contributed by atoms with Crippen LogP contribution >= 0.6 is 0 Å². The highest BCUT2D eigenvalue weighted by Crippen LogP contribution is 2.31. The first-order valence-corrected chi connectivity index (χ1v) is 9.63. The van der Waals surface area contributed by atoms with Gasteiger partial charge in [0.15, 0.2) is 11.4 Å². The first-order chi connectivity index (χ1) is 13.8. The van der Waals surface area contributed by atoms with Crippen molar-refractivity contribution >= 4 is 23.0 Å². The topological polar surface area (TPSA) is 67.6 Å². The van der Waals surface area contributed by atoms with Crippen molar-refractivity contribution < 1.29 is 18.3 Å². The second-order valence-corrected chi connectivity index (χ2v) is 8.18. The number of benzene rings is 2. The summed E-state index contributed by atoms with van der Waals surface area (Å²) in [6.07, 6.45) is 0.834. The highest BCUT2D eigenvalue weighted by atomic mass is 19.1. The molecule has 1 aromatic heterocycles. The Morgan fingerprint density at radius 2 is 2.07 bits per heavy atom. The molecule has 3 aromatic rings. The molecule has 0 bridgehead atoms. The Kier molecular flexibility index (Phi) is 4.90. The third-order valence-corrected chi connectivity index (χ3v) is 5.04. The monoisotopic (exact) mass is 397 g/mol. The minimum Gasteiger partial charge on any atom is -0.492 e. The molecule has 1 aliphatic rings. The maximum atomic E-state index is 13.8. The minimum atomic E-state index is -0.415. The van der Waals surface area contributed by atoms with Crippen molar-refractivity contribution in [1.29, 1.82) is 0 Å². The molecule has 1 amide bonds. The Morgan fingerprint density at radius 1 is 1.28 bits per heavy atom. The van der Waals surface area contributed by atoms with Gasteiger partial charge in [-0.3, -0.25) is 4.79 Å². The van der Waals surface area contributed by atoms with Crippen LogP contribution in [0.3, 0.4) is 0 Å². The van der Waals surface area contributed by atoms with Crippen molar-refractivity contribution in [3.63, 3.8) is 0 Å². The molecular weight excluding hydrogens is 373 g/mol. The smallest absolute Gasteiger partial charge is 0.295 e. The van der Waals surface area contributed by atoms with Crippen molar-refractivity contribution in [3.05, 3.63) is 53.3 Å². The van der Waals surface area contributed by atoms with Gasteiger partial charge in [0.1, 0.15) is 11.3 Å². The van der Waals surface area contributed by atoms with E-state index in [2.05, 4.69) is 10.3 Å². The van der Waals surface area contributed by atoms with E-state index in [1.165, 1.54) is 6.07 Å². The van der Waals surface area contributed by atoms with Crippen LogP contribution in [0.5, 0.6) is 5.75 Å². The quantitative estimate of drug-likeness (QED) is 0.678. The Bertz CT molecular complexity index is 1060. The Balaban J connectivity index is 1.41. The van der Waals surface area contributed by atoms with Gasteiger partial charge in [-0.1, -0.05) is 32.0 Å². The number of aromatic nitrogens is 1. The van der Waals surface area contributed by atoms with Gasteiger partial charge in [-0.2, -0.15) is 4.98 Å². The number of oxazole rings is 1. The van der Waals surface area contributed by atoms with Crippen LogP contribution in [0.4, 0.5) is 10.4 Å². The van der Waals surface area contributed by atoms with E-state index in [1.54, 1.807) is 30.1 Å². The molecule has 0 saturated heterocycles. The number of hydrogen-bond donors (Lipinski definition) is 1. The summed E-state index contributed by atoms with van der Waals surface area (Å²) in [5.74, 6) is 0.219. The fraction of sp³-hybridized carbons (Fsp3) is 0.364. The molecule has 0 radical (unpaired) electrons. The van der Waals surface area contributed by atoms with Crippen molar-refractivity contribution in [2.24, 2.45) is 5.41 Å². The highest BCUT2D eigenvalue weighted by molar-refractivity contribution is 5.97. The molecule has 0 atom stereocenters. The molecule has 152 valence electrons. The molecule has 2 aromatic carbocycles. The van der Waals surface area contributed by atoms with Crippen molar-refractivity contribution in [2.45, 2.75) is 20.3 Å². The predicted molar refractivity (Wildman–Crippen MR) is 109 cm³/mol. The average molecular weight is 397 g/mol. The van der Waals surface area contributed by atoms with Crippen LogP contribution in [0.2, 0.25) is 0 Å². The molecular formula is C22H24FN3O3. The van der Waals surface area contributed by atoms with E-state index < -0.39 is 5.82 Å². The van der Waals surface area contributed by atoms with Gasteiger partial charge in [0, 0.05) is 26.6 Å². The second-order valence-electron chi connectivity index (χ2n) is 8.18. The van der Waals surface area contributed by atoms with E-state index in [0.717, 1.165) is 12.0 Å². The van der Waals surface area contributed by atoms with Crippen LogP contribution in [0.25, 0.3) is 11.1 Å². The summed E-state index contributed by atoms with van der Waals surface area (Å²) < 4.78 is 25.0.